The molecule has 0 radical (unpaired) electrons. The lowest BCUT2D eigenvalue weighted by molar-refractivity contribution is -0.127. The van der Waals surface area contributed by atoms with Crippen molar-refractivity contribution in [2.75, 3.05) is 40.0 Å². The number of likely N-dealkylation sites (tertiary alicyclic amines) is 1. The predicted octanol–water partition coefficient (Wildman–Crippen LogP) is 2.50. The van der Waals surface area contributed by atoms with Crippen LogP contribution in [0.25, 0.3) is 22.3 Å². The van der Waals surface area contributed by atoms with Crippen molar-refractivity contribution in [2.45, 2.75) is 32.4 Å². The number of fused-ring (bicyclic) bond motifs is 1. The number of nitrogen functional groups attached to an aromatic ring is 1. The van der Waals surface area contributed by atoms with Crippen LogP contribution in [-0.4, -0.2) is 75.8 Å². The van der Waals surface area contributed by atoms with Crippen LogP contribution in [0.5, 0.6) is 5.75 Å². The number of methoxy groups -OCH3 is 1. The number of benzene rings is 1. The van der Waals surface area contributed by atoms with Gasteiger partial charge >= 0.3 is 0 Å². The molecule has 174 valence electrons. The molecule has 3 heterocycles. The molecule has 1 aliphatic rings. The molecule has 0 saturated carbocycles. The third-order valence-corrected chi connectivity index (χ3v) is 6.01. The summed E-state index contributed by atoms with van der Waals surface area (Å²) in [5.74, 6) is 1.20. The third-order valence-electron chi connectivity index (χ3n) is 6.01. The van der Waals surface area contributed by atoms with E-state index in [1.165, 1.54) is 6.33 Å². The van der Waals surface area contributed by atoms with Gasteiger partial charge in [-0.3, -0.25) is 4.79 Å². The molecule has 4 rings (SSSR count). The lowest BCUT2D eigenvalue weighted by Crippen LogP contribution is -2.37. The van der Waals surface area contributed by atoms with E-state index in [4.69, 9.17) is 15.6 Å². The summed E-state index contributed by atoms with van der Waals surface area (Å²) in [6, 6.07) is 5.99. The molecule has 0 aliphatic carbocycles. The van der Waals surface area contributed by atoms with Crippen molar-refractivity contribution in [1.82, 2.24) is 29.5 Å². The molecule has 1 aromatic carbocycles. The highest BCUT2D eigenvalue weighted by Gasteiger charge is 2.29. The molecule has 33 heavy (non-hydrogen) atoms. The fourth-order valence-electron chi connectivity index (χ4n) is 4.30. The molecule has 1 saturated heterocycles. The number of anilines is 1. The second-order valence-electron chi connectivity index (χ2n) is 8.66. The number of hydrogen-bond donors (Lipinski definition) is 1. The van der Waals surface area contributed by atoms with Gasteiger partial charge in [0.2, 0.25) is 5.91 Å². The van der Waals surface area contributed by atoms with Crippen LogP contribution in [0.1, 0.15) is 18.4 Å². The first-order valence-electron chi connectivity index (χ1n) is 11.1. The van der Waals surface area contributed by atoms with Gasteiger partial charge in [-0.15, -0.1) is 0 Å². The molecular weight excluding hydrogens is 418 g/mol. The van der Waals surface area contributed by atoms with Crippen LogP contribution >= 0.6 is 0 Å². The SMILES string of the molecule is COc1cc(-c2nn(C[C@H]3CCCN3C(=O)/C=C/CN(C)C)c3ncnc(N)c23)ccc1C. The lowest BCUT2D eigenvalue weighted by atomic mass is 10.1. The number of amides is 1. The number of aryl methyl sites for hydroxylation is 1. The second-order valence-corrected chi connectivity index (χ2v) is 8.66. The van der Waals surface area contributed by atoms with Crippen molar-refractivity contribution in [3.8, 4) is 17.0 Å². The minimum absolute atomic E-state index is 0.0356. The highest BCUT2D eigenvalue weighted by Crippen LogP contribution is 2.33. The van der Waals surface area contributed by atoms with E-state index in [-0.39, 0.29) is 11.9 Å². The number of hydrogen-bond acceptors (Lipinski definition) is 7. The molecule has 0 unspecified atom stereocenters. The maximum Gasteiger partial charge on any atom is 0.246 e. The summed E-state index contributed by atoms with van der Waals surface area (Å²) in [4.78, 5) is 25.4. The topological polar surface area (TPSA) is 102 Å². The summed E-state index contributed by atoms with van der Waals surface area (Å²) < 4.78 is 7.36. The first kappa shape index (κ1) is 22.7. The van der Waals surface area contributed by atoms with Gasteiger partial charge in [0.25, 0.3) is 0 Å². The average Bonchev–Trinajstić information content (AvgIpc) is 3.40. The van der Waals surface area contributed by atoms with Gasteiger partial charge in [-0.2, -0.15) is 5.10 Å². The van der Waals surface area contributed by atoms with Crippen LogP contribution in [-0.2, 0) is 11.3 Å². The zero-order chi connectivity index (χ0) is 23.5. The molecule has 0 spiro atoms. The van der Waals surface area contributed by atoms with Crippen molar-refractivity contribution < 1.29 is 9.53 Å². The molecule has 1 fully saturated rings. The summed E-state index contributed by atoms with van der Waals surface area (Å²) in [6.45, 7) is 4.01. The number of carbonyl (C=O) groups excluding carboxylic acids is 1. The molecule has 0 bridgehead atoms. The summed E-state index contributed by atoms with van der Waals surface area (Å²) in [7, 11) is 5.61. The summed E-state index contributed by atoms with van der Waals surface area (Å²) in [6.07, 6.45) is 6.91. The predicted molar refractivity (Wildman–Crippen MR) is 129 cm³/mol. The summed E-state index contributed by atoms with van der Waals surface area (Å²) in [5, 5.41) is 5.60. The van der Waals surface area contributed by atoms with E-state index in [1.54, 1.807) is 13.2 Å². The Morgan fingerprint density at radius 3 is 2.91 bits per heavy atom. The van der Waals surface area contributed by atoms with Gasteiger partial charge in [0, 0.05) is 24.7 Å². The van der Waals surface area contributed by atoms with Gasteiger partial charge < -0.3 is 20.3 Å². The van der Waals surface area contributed by atoms with E-state index in [1.807, 2.05) is 59.8 Å². The lowest BCUT2D eigenvalue weighted by Gasteiger charge is -2.23. The third kappa shape index (κ3) is 4.68. The number of aromatic nitrogens is 4. The van der Waals surface area contributed by atoms with Gasteiger partial charge in [0.1, 0.15) is 23.6 Å². The van der Waals surface area contributed by atoms with E-state index < -0.39 is 0 Å². The Balaban J connectivity index is 1.67. The molecule has 1 atom stereocenters. The van der Waals surface area contributed by atoms with Crippen LogP contribution in [0, 0.1) is 6.92 Å². The molecule has 9 heteroatoms. The van der Waals surface area contributed by atoms with Gasteiger partial charge in [-0.1, -0.05) is 18.2 Å². The Morgan fingerprint density at radius 2 is 2.15 bits per heavy atom. The summed E-state index contributed by atoms with van der Waals surface area (Å²) in [5.41, 5.74) is 9.56. The van der Waals surface area contributed by atoms with Crippen LogP contribution in [0.2, 0.25) is 0 Å². The number of rotatable bonds is 7. The Labute approximate surface area is 193 Å². The maximum atomic E-state index is 12.8. The minimum atomic E-state index is 0.0356. The number of ether oxygens (including phenoxy) is 1. The van der Waals surface area contributed by atoms with Crippen molar-refractivity contribution in [2.24, 2.45) is 0 Å². The Kier molecular flexibility index (Phi) is 6.60. The molecular formula is C24H31N7O2. The van der Waals surface area contributed by atoms with Gasteiger partial charge in [-0.25, -0.2) is 14.6 Å². The molecule has 1 aliphatic heterocycles. The molecule has 2 N–H and O–H groups in total. The van der Waals surface area contributed by atoms with Crippen LogP contribution in [0.3, 0.4) is 0 Å². The van der Waals surface area contributed by atoms with Crippen molar-refractivity contribution in [3.05, 3.63) is 42.2 Å². The molecule has 2 aromatic heterocycles. The number of likely N-dealkylation sites (N-methyl/N-ethyl adjacent to an activating group) is 1. The Hall–Kier alpha value is -3.46. The number of nitrogens with two attached hydrogens (primary N) is 1. The van der Waals surface area contributed by atoms with E-state index >= 15 is 0 Å². The number of nitrogens with zero attached hydrogens (tertiary/aromatic N) is 6. The zero-order valence-electron chi connectivity index (χ0n) is 19.7. The monoisotopic (exact) mass is 449 g/mol. The van der Waals surface area contributed by atoms with E-state index in [2.05, 4.69) is 9.97 Å². The molecule has 9 nitrogen and oxygen atoms in total. The quantitative estimate of drug-likeness (QED) is 0.553. The van der Waals surface area contributed by atoms with Crippen LogP contribution in [0.4, 0.5) is 5.82 Å². The van der Waals surface area contributed by atoms with Gasteiger partial charge in [-0.05, 0) is 45.5 Å². The maximum absolute atomic E-state index is 12.8. The van der Waals surface area contributed by atoms with Crippen molar-refractivity contribution in [1.29, 1.82) is 0 Å². The summed E-state index contributed by atoms with van der Waals surface area (Å²) >= 11 is 0. The van der Waals surface area contributed by atoms with E-state index in [0.717, 1.165) is 42.8 Å². The Bertz CT molecular complexity index is 1190. The highest BCUT2D eigenvalue weighted by atomic mass is 16.5. The van der Waals surface area contributed by atoms with Crippen molar-refractivity contribution >= 4 is 22.8 Å². The standard InChI is InChI=1S/C24H31N7O2/c1-16-9-10-17(13-19(16)33-4)22-21-23(25)26-15-27-24(21)31(28-22)14-18-7-5-12-30(18)20(32)8-6-11-29(2)3/h6,8-10,13,15,18H,5,7,11-12,14H2,1-4H3,(H2,25,26,27)/b8-6+/t18-/m1/s1. The highest BCUT2D eigenvalue weighted by molar-refractivity contribution is 5.98. The van der Waals surface area contributed by atoms with Crippen LogP contribution < -0.4 is 10.5 Å². The number of carbonyl (C=O) groups is 1. The van der Waals surface area contributed by atoms with Crippen molar-refractivity contribution in [3.63, 3.8) is 0 Å². The first-order chi connectivity index (χ1) is 15.9. The smallest absolute Gasteiger partial charge is 0.246 e. The molecule has 3 aromatic rings. The Morgan fingerprint density at radius 1 is 1.33 bits per heavy atom. The largest absolute Gasteiger partial charge is 0.496 e. The first-order valence-corrected chi connectivity index (χ1v) is 11.1. The van der Waals surface area contributed by atoms with E-state index in [9.17, 15) is 4.79 Å². The molecule has 1 amide bonds. The fourth-order valence-corrected chi connectivity index (χ4v) is 4.30. The average molecular weight is 450 g/mol. The zero-order valence-corrected chi connectivity index (χ0v) is 19.7. The van der Waals surface area contributed by atoms with E-state index in [0.29, 0.717) is 29.1 Å². The fraction of sp³-hybridized carbons (Fsp3) is 0.417. The van der Waals surface area contributed by atoms with Crippen LogP contribution in [0.15, 0.2) is 36.7 Å². The second kappa shape index (κ2) is 9.58. The van der Waals surface area contributed by atoms with Gasteiger partial charge in [0.15, 0.2) is 5.65 Å². The minimum Gasteiger partial charge on any atom is -0.496 e. The van der Waals surface area contributed by atoms with Gasteiger partial charge in [0.05, 0.1) is 25.1 Å². The normalized spacial score (nSPS) is 16.4.